The summed E-state index contributed by atoms with van der Waals surface area (Å²) < 4.78 is 40.7. The van der Waals surface area contributed by atoms with E-state index in [1.807, 2.05) is 0 Å². The SMILES string of the molecule is C=CCn1c(SC(C)C(=O)N2CC(=O)Nc3cc(C(F)(F)F)ccc32)nc2ccccc2c1=O. The molecule has 1 unspecified atom stereocenters. The largest absolute Gasteiger partial charge is 0.416 e. The molecule has 0 bridgehead atoms. The standard InChI is InChI=1S/C23H19F3N4O3S/c1-3-10-29-21(33)15-6-4-5-7-16(15)28-22(29)34-13(2)20(32)30-12-19(31)27-17-11-14(23(24,25)26)8-9-18(17)30/h3-9,11,13H,1,10,12H2,2H3,(H,27,31). The average molecular weight is 488 g/mol. The third kappa shape index (κ3) is 4.43. The molecule has 34 heavy (non-hydrogen) atoms. The molecule has 1 aliphatic heterocycles. The van der Waals surface area contributed by atoms with Crippen molar-refractivity contribution < 1.29 is 22.8 Å². The molecule has 1 N–H and O–H groups in total. The Morgan fingerprint density at radius 2 is 2.00 bits per heavy atom. The van der Waals surface area contributed by atoms with Gasteiger partial charge in [0.25, 0.3) is 5.56 Å². The zero-order chi connectivity index (χ0) is 24.6. The number of aromatic nitrogens is 2. The Morgan fingerprint density at radius 3 is 2.71 bits per heavy atom. The molecule has 0 aliphatic carbocycles. The monoisotopic (exact) mass is 488 g/mol. The third-order valence-electron chi connectivity index (χ3n) is 5.22. The number of amides is 2. The summed E-state index contributed by atoms with van der Waals surface area (Å²) in [6, 6.07) is 9.65. The van der Waals surface area contributed by atoms with Crippen molar-refractivity contribution in [2.45, 2.75) is 30.1 Å². The third-order valence-corrected chi connectivity index (χ3v) is 6.30. The molecule has 0 radical (unpaired) electrons. The van der Waals surface area contributed by atoms with Gasteiger partial charge in [0.1, 0.15) is 6.54 Å². The first-order chi connectivity index (χ1) is 16.1. The van der Waals surface area contributed by atoms with Gasteiger partial charge in [-0.2, -0.15) is 13.2 Å². The first kappa shape index (κ1) is 23.6. The van der Waals surface area contributed by atoms with Gasteiger partial charge in [-0.25, -0.2) is 4.98 Å². The Kier molecular flexibility index (Phi) is 6.22. The summed E-state index contributed by atoms with van der Waals surface area (Å²) in [4.78, 5) is 44.0. The van der Waals surface area contributed by atoms with E-state index in [-0.39, 0.29) is 30.0 Å². The van der Waals surface area contributed by atoms with E-state index in [0.717, 1.165) is 34.9 Å². The van der Waals surface area contributed by atoms with Crippen molar-refractivity contribution in [1.29, 1.82) is 0 Å². The van der Waals surface area contributed by atoms with Gasteiger partial charge in [0.05, 0.1) is 33.1 Å². The van der Waals surface area contributed by atoms with Crippen molar-refractivity contribution in [3.63, 3.8) is 0 Å². The van der Waals surface area contributed by atoms with E-state index in [1.54, 1.807) is 31.2 Å². The molecule has 1 aromatic heterocycles. The Hall–Kier alpha value is -3.60. The van der Waals surface area contributed by atoms with Crippen LogP contribution in [0.1, 0.15) is 12.5 Å². The normalized spacial score (nSPS) is 14.5. The fraction of sp³-hybridized carbons (Fsp3) is 0.217. The van der Waals surface area contributed by atoms with E-state index in [2.05, 4.69) is 16.9 Å². The lowest BCUT2D eigenvalue weighted by atomic mass is 10.1. The Morgan fingerprint density at radius 1 is 1.26 bits per heavy atom. The zero-order valence-electron chi connectivity index (χ0n) is 17.9. The number of carbonyl (C=O) groups excluding carboxylic acids is 2. The Bertz CT molecular complexity index is 1370. The van der Waals surface area contributed by atoms with E-state index >= 15 is 0 Å². The van der Waals surface area contributed by atoms with Crippen LogP contribution in [0.4, 0.5) is 24.5 Å². The van der Waals surface area contributed by atoms with Gasteiger partial charge in [-0.1, -0.05) is 30.0 Å². The second kappa shape index (κ2) is 8.98. The highest BCUT2D eigenvalue weighted by Crippen LogP contribution is 2.38. The molecule has 0 saturated heterocycles. The number of benzene rings is 2. The number of thioether (sulfide) groups is 1. The lowest BCUT2D eigenvalue weighted by molar-refractivity contribution is -0.137. The average Bonchev–Trinajstić information content (AvgIpc) is 2.79. The molecule has 0 spiro atoms. The lowest BCUT2D eigenvalue weighted by Gasteiger charge is -2.31. The molecular weight excluding hydrogens is 469 g/mol. The highest BCUT2D eigenvalue weighted by atomic mass is 32.2. The van der Waals surface area contributed by atoms with Crippen LogP contribution >= 0.6 is 11.8 Å². The molecule has 2 heterocycles. The smallest absolute Gasteiger partial charge is 0.323 e. The summed E-state index contributed by atoms with van der Waals surface area (Å²) in [6.07, 6.45) is -3.05. The number of fused-ring (bicyclic) bond motifs is 2. The fourth-order valence-electron chi connectivity index (χ4n) is 3.62. The Labute approximate surface area is 196 Å². The summed E-state index contributed by atoms with van der Waals surface area (Å²) in [5, 5.41) is 2.31. The molecule has 2 aromatic carbocycles. The number of carbonyl (C=O) groups is 2. The van der Waals surface area contributed by atoms with Gasteiger partial charge < -0.3 is 5.32 Å². The maximum atomic E-state index is 13.3. The summed E-state index contributed by atoms with van der Waals surface area (Å²) in [5.74, 6) is -1.11. The van der Waals surface area contributed by atoms with Crippen LogP contribution in [0.3, 0.4) is 0 Å². The van der Waals surface area contributed by atoms with Gasteiger partial charge in [0.15, 0.2) is 5.16 Å². The maximum Gasteiger partial charge on any atom is 0.416 e. The van der Waals surface area contributed by atoms with Crippen LogP contribution < -0.4 is 15.8 Å². The van der Waals surface area contributed by atoms with Crippen molar-refractivity contribution in [3.05, 3.63) is 71.0 Å². The zero-order valence-corrected chi connectivity index (χ0v) is 18.7. The van der Waals surface area contributed by atoms with Gasteiger partial charge in [-0.3, -0.25) is 23.9 Å². The van der Waals surface area contributed by atoms with Crippen molar-refractivity contribution in [2.24, 2.45) is 0 Å². The van der Waals surface area contributed by atoms with Gasteiger partial charge in [0, 0.05) is 6.54 Å². The first-order valence-electron chi connectivity index (χ1n) is 10.2. The van der Waals surface area contributed by atoms with Crippen LogP contribution in [0.2, 0.25) is 0 Å². The minimum absolute atomic E-state index is 0.0935. The fourth-order valence-corrected chi connectivity index (χ4v) is 4.60. The number of alkyl halides is 3. The van der Waals surface area contributed by atoms with E-state index < -0.39 is 28.8 Å². The number of rotatable bonds is 5. The number of allylic oxidation sites excluding steroid dienone is 1. The molecule has 7 nitrogen and oxygen atoms in total. The number of nitrogens with one attached hydrogen (secondary N) is 1. The first-order valence-corrected chi connectivity index (χ1v) is 11.1. The van der Waals surface area contributed by atoms with E-state index in [0.29, 0.717) is 16.1 Å². The Balaban J connectivity index is 1.67. The molecule has 0 saturated carbocycles. The molecule has 1 atom stereocenters. The minimum atomic E-state index is -4.59. The molecule has 1 aliphatic rings. The lowest BCUT2D eigenvalue weighted by Crippen LogP contribution is -2.45. The highest BCUT2D eigenvalue weighted by molar-refractivity contribution is 8.00. The number of halogens is 3. The topological polar surface area (TPSA) is 84.3 Å². The van der Waals surface area contributed by atoms with Crippen molar-refractivity contribution in [2.75, 3.05) is 16.8 Å². The second-order valence-electron chi connectivity index (χ2n) is 7.58. The van der Waals surface area contributed by atoms with Crippen molar-refractivity contribution >= 4 is 45.9 Å². The molecule has 0 fully saturated rings. The summed E-state index contributed by atoms with van der Waals surface area (Å²) >= 11 is 1.03. The van der Waals surface area contributed by atoms with Crippen LogP contribution in [0.5, 0.6) is 0 Å². The summed E-state index contributed by atoms with van der Waals surface area (Å²) in [7, 11) is 0. The summed E-state index contributed by atoms with van der Waals surface area (Å²) in [5.41, 5.74) is -0.673. The molecule has 176 valence electrons. The van der Waals surface area contributed by atoms with Gasteiger partial charge in [-0.15, -0.1) is 6.58 Å². The van der Waals surface area contributed by atoms with E-state index in [4.69, 9.17) is 0 Å². The number of hydrogen-bond acceptors (Lipinski definition) is 5. The second-order valence-corrected chi connectivity index (χ2v) is 8.89. The highest BCUT2D eigenvalue weighted by Gasteiger charge is 2.35. The number of hydrogen-bond donors (Lipinski definition) is 1. The number of nitrogens with zero attached hydrogens (tertiary/aromatic N) is 3. The van der Waals surface area contributed by atoms with Gasteiger partial charge in [-0.05, 0) is 37.3 Å². The molecular formula is C23H19F3N4O3S. The van der Waals surface area contributed by atoms with Crippen LogP contribution in [0, 0.1) is 0 Å². The predicted molar refractivity (Wildman–Crippen MR) is 124 cm³/mol. The molecule has 2 amide bonds. The van der Waals surface area contributed by atoms with Crippen LogP contribution in [-0.4, -0.2) is 33.2 Å². The van der Waals surface area contributed by atoms with Gasteiger partial charge >= 0.3 is 6.18 Å². The van der Waals surface area contributed by atoms with Crippen molar-refractivity contribution in [3.8, 4) is 0 Å². The van der Waals surface area contributed by atoms with Crippen molar-refractivity contribution in [1.82, 2.24) is 9.55 Å². The van der Waals surface area contributed by atoms with Crippen LogP contribution in [0.15, 0.2) is 65.1 Å². The predicted octanol–water partition coefficient (Wildman–Crippen LogP) is 4.07. The van der Waals surface area contributed by atoms with Crippen LogP contribution in [-0.2, 0) is 22.3 Å². The quantitative estimate of drug-likeness (QED) is 0.333. The molecule has 3 aromatic rings. The van der Waals surface area contributed by atoms with Crippen LogP contribution in [0.25, 0.3) is 10.9 Å². The number of para-hydroxylation sites is 1. The van der Waals surface area contributed by atoms with E-state index in [9.17, 15) is 27.6 Å². The maximum absolute atomic E-state index is 13.3. The van der Waals surface area contributed by atoms with Gasteiger partial charge in [0.2, 0.25) is 11.8 Å². The summed E-state index contributed by atoms with van der Waals surface area (Å²) in [6.45, 7) is 5.09. The minimum Gasteiger partial charge on any atom is -0.323 e. The van der Waals surface area contributed by atoms with E-state index in [1.165, 1.54) is 10.6 Å². The molecule has 4 rings (SSSR count). The number of anilines is 2. The molecule has 11 heteroatoms.